The van der Waals surface area contributed by atoms with Crippen LogP contribution in [0.15, 0.2) is 42.3 Å². The second-order valence-electron chi connectivity index (χ2n) is 4.78. The number of hydrogen-bond donors (Lipinski definition) is 2. The van der Waals surface area contributed by atoms with Gasteiger partial charge in [0.2, 0.25) is 0 Å². The molecule has 0 atom stereocenters. The molecule has 1 aliphatic carbocycles. The van der Waals surface area contributed by atoms with E-state index in [1.54, 1.807) is 0 Å². The second-order valence-corrected chi connectivity index (χ2v) is 4.78. The summed E-state index contributed by atoms with van der Waals surface area (Å²) in [6, 6.07) is 7.79. The molecule has 0 radical (unpaired) electrons. The van der Waals surface area contributed by atoms with Crippen LogP contribution in [0.25, 0.3) is 10.9 Å². The fourth-order valence-corrected chi connectivity index (χ4v) is 2.72. The topological polar surface area (TPSA) is 70.2 Å². The van der Waals surface area contributed by atoms with Crippen molar-refractivity contribution in [2.45, 2.75) is 18.8 Å². The van der Waals surface area contributed by atoms with Gasteiger partial charge in [0, 0.05) is 29.9 Å². The van der Waals surface area contributed by atoms with Crippen LogP contribution in [0.4, 0.5) is 0 Å². The van der Waals surface area contributed by atoms with E-state index in [9.17, 15) is 9.59 Å². The predicted octanol–water partition coefficient (Wildman–Crippen LogP) is -0.258. The molecule has 0 amide bonds. The molecule has 2 N–H and O–H groups in total. The van der Waals surface area contributed by atoms with Crippen LogP contribution in [0.5, 0.6) is 0 Å². The molecule has 98 valence electrons. The number of rotatable bonds is 1. The number of allylic oxidation sites excluding steroid dienone is 1. The summed E-state index contributed by atoms with van der Waals surface area (Å²) in [6.45, 7) is 0. The molecule has 3 rings (SSSR count). The molecule has 1 fully saturated rings. The number of H-pyrrole nitrogens is 1. The monoisotopic (exact) mass is 279 g/mol. The summed E-state index contributed by atoms with van der Waals surface area (Å²) < 4.78 is 0. The minimum atomic E-state index is -0.281. The minimum Gasteiger partial charge on any atom is -1.00 e. The third-order valence-electron chi connectivity index (χ3n) is 3.66. The Labute approximate surface area is 139 Å². The molecule has 0 unspecified atom stereocenters. The van der Waals surface area contributed by atoms with Crippen LogP contribution in [0.3, 0.4) is 0 Å². The Bertz CT molecular complexity index is 688. The molecule has 20 heavy (non-hydrogen) atoms. The maximum atomic E-state index is 11.8. The number of carbonyl (C=O) groups is 2. The summed E-state index contributed by atoms with van der Waals surface area (Å²) >= 11 is 0. The van der Waals surface area contributed by atoms with Crippen molar-refractivity contribution in [3.8, 4) is 0 Å². The van der Waals surface area contributed by atoms with E-state index in [0.29, 0.717) is 6.26 Å². The number of ketones is 2. The van der Waals surface area contributed by atoms with E-state index >= 15 is 0 Å². The zero-order valence-electron chi connectivity index (χ0n) is 12.2. The molecule has 0 spiro atoms. The maximum absolute atomic E-state index is 11.8. The Morgan fingerprint density at radius 1 is 1.20 bits per heavy atom. The van der Waals surface area contributed by atoms with Gasteiger partial charge in [0.05, 0.1) is 11.8 Å². The molecule has 0 saturated heterocycles. The van der Waals surface area contributed by atoms with Gasteiger partial charge in [-0.25, -0.2) is 0 Å². The summed E-state index contributed by atoms with van der Waals surface area (Å²) in [5.41, 5.74) is 1.94. The van der Waals surface area contributed by atoms with Gasteiger partial charge in [0.1, 0.15) is 0 Å². The number of nitrogens with one attached hydrogen (secondary N) is 1. The Morgan fingerprint density at radius 3 is 2.55 bits per heavy atom. The van der Waals surface area contributed by atoms with E-state index < -0.39 is 0 Å². The van der Waals surface area contributed by atoms with Crippen LogP contribution in [0.2, 0.25) is 0 Å². The number of hydrogen-bond acceptors (Lipinski definition) is 3. The molecule has 0 bridgehead atoms. The van der Waals surface area contributed by atoms with Gasteiger partial charge < -0.3 is 11.5 Å². The van der Waals surface area contributed by atoms with Gasteiger partial charge in [0.15, 0.2) is 11.6 Å². The summed E-state index contributed by atoms with van der Waals surface area (Å²) in [4.78, 5) is 26.8. The van der Waals surface area contributed by atoms with E-state index in [1.165, 1.54) is 0 Å². The Balaban J connectivity index is 0.00000110. The van der Waals surface area contributed by atoms with Gasteiger partial charge in [-0.05, 0) is 23.6 Å². The van der Waals surface area contributed by atoms with Gasteiger partial charge in [-0.15, -0.1) is 0 Å². The quantitative estimate of drug-likeness (QED) is 0.327. The number of Topliss-reactive ketones (excluding diaryl/α,β-unsaturated/α-hetero) is 2. The summed E-state index contributed by atoms with van der Waals surface area (Å²) in [5, 5.41) is 9.96. The molecule has 1 aliphatic rings. The van der Waals surface area contributed by atoms with E-state index in [0.717, 1.165) is 16.5 Å². The van der Waals surface area contributed by atoms with Gasteiger partial charge in [0.25, 0.3) is 0 Å². The fourth-order valence-electron chi connectivity index (χ4n) is 2.72. The molecule has 4 nitrogen and oxygen atoms in total. The number of carbonyl (C=O) groups excluding carboxylic acids is 2. The van der Waals surface area contributed by atoms with Gasteiger partial charge >= 0.3 is 29.6 Å². The number of aromatic amines is 1. The SMILES string of the molecule is O=C1CC(c2cccc3[nH]ccc23)CC(=O)C1=CO.[H-].[Na+]. The molecule has 1 saturated carbocycles. The molecule has 5 heteroatoms. The minimum absolute atomic E-state index is 0. The number of fused-ring (bicyclic) bond motifs is 1. The number of benzene rings is 1. The molecule has 0 aliphatic heterocycles. The van der Waals surface area contributed by atoms with Crippen molar-refractivity contribution in [2.75, 3.05) is 0 Å². The van der Waals surface area contributed by atoms with Crippen molar-refractivity contribution < 1.29 is 45.7 Å². The average molecular weight is 279 g/mol. The Kier molecular flexibility index (Phi) is 4.48. The van der Waals surface area contributed by atoms with Crippen LogP contribution in [0.1, 0.15) is 25.7 Å². The van der Waals surface area contributed by atoms with Crippen LogP contribution < -0.4 is 29.6 Å². The number of aliphatic hydroxyl groups excluding tert-OH is 1. The van der Waals surface area contributed by atoms with Crippen molar-refractivity contribution in [1.29, 1.82) is 0 Å². The summed E-state index contributed by atoms with van der Waals surface area (Å²) in [6.07, 6.45) is 3.02. The first-order valence-corrected chi connectivity index (χ1v) is 6.17. The van der Waals surface area contributed by atoms with Gasteiger partial charge in [-0.3, -0.25) is 9.59 Å². The van der Waals surface area contributed by atoms with Crippen LogP contribution in [-0.4, -0.2) is 21.7 Å². The van der Waals surface area contributed by atoms with Crippen LogP contribution in [-0.2, 0) is 9.59 Å². The van der Waals surface area contributed by atoms with Crippen molar-refractivity contribution in [3.05, 3.63) is 47.9 Å². The summed E-state index contributed by atoms with van der Waals surface area (Å²) in [5.74, 6) is -0.671. The Morgan fingerprint density at radius 2 is 1.90 bits per heavy atom. The largest absolute Gasteiger partial charge is 1.00 e. The number of aromatic nitrogens is 1. The van der Waals surface area contributed by atoms with Crippen molar-refractivity contribution in [3.63, 3.8) is 0 Å². The van der Waals surface area contributed by atoms with E-state index in [4.69, 9.17) is 5.11 Å². The maximum Gasteiger partial charge on any atom is 1.00 e. The fraction of sp³-hybridized carbons (Fsp3) is 0.200. The van der Waals surface area contributed by atoms with Gasteiger partial charge in [-0.1, -0.05) is 12.1 Å². The van der Waals surface area contributed by atoms with E-state index in [1.807, 2.05) is 30.5 Å². The zero-order valence-corrected chi connectivity index (χ0v) is 13.2. The molecule has 1 heterocycles. The van der Waals surface area contributed by atoms with E-state index in [2.05, 4.69) is 4.98 Å². The first-order valence-electron chi connectivity index (χ1n) is 6.17. The normalized spacial score (nSPS) is 19.0. The van der Waals surface area contributed by atoms with Crippen LogP contribution >= 0.6 is 0 Å². The second kappa shape index (κ2) is 5.95. The third-order valence-corrected chi connectivity index (χ3v) is 3.66. The van der Waals surface area contributed by atoms with Crippen molar-refractivity contribution >= 4 is 22.5 Å². The predicted molar refractivity (Wildman–Crippen MR) is 72.1 cm³/mol. The smallest absolute Gasteiger partial charge is 1.00 e. The standard InChI is InChI=1S/C15H13NO3.Na.H/c17-8-12-14(18)6-9(7-15(12)19)10-2-1-3-13-11(10)4-5-16-13;;/h1-5,8-9,16-17H,6-7H2;;/q;+1;-1. The Hall–Kier alpha value is -1.36. The average Bonchev–Trinajstić information content (AvgIpc) is 2.86. The first kappa shape index (κ1) is 15.0. The van der Waals surface area contributed by atoms with Gasteiger partial charge in [-0.2, -0.15) is 0 Å². The van der Waals surface area contributed by atoms with E-state index in [-0.39, 0.29) is 66.9 Å². The molecule has 2 aromatic rings. The summed E-state index contributed by atoms with van der Waals surface area (Å²) in [7, 11) is 0. The number of aliphatic hydroxyl groups is 1. The molecular weight excluding hydrogens is 265 g/mol. The molecule has 1 aromatic carbocycles. The zero-order chi connectivity index (χ0) is 13.4. The first-order chi connectivity index (χ1) is 9.20. The molecular formula is C15H14NNaO3. The third kappa shape index (κ3) is 2.46. The van der Waals surface area contributed by atoms with Crippen LogP contribution in [0, 0.1) is 0 Å². The van der Waals surface area contributed by atoms with Crippen molar-refractivity contribution in [2.24, 2.45) is 0 Å². The van der Waals surface area contributed by atoms with Crippen molar-refractivity contribution in [1.82, 2.24) is 4.98 Å². The molecule has 1 aromatic heterocycles.